The summed E-state index contributed by atoms with van der Waals surface area (Å²) in [6.45, 7) is 5.60. The van der Waals surface area contributed by atoms with E-state index >= 15 is 0 Å². The maximum Gasteiger partial charge on any atom is 0.410 e. The molecule has 0 radical (unpaired) electrons. The Morgan fingerprint density at radius 2 is 1.97 bits per heavy atom. The van der Waals surface area contributed by atoms with Crippen molar-refractivity contribution >= 4 is 33.6 Å². The van der Waals surface area contributed by atoms with Gasteiger partial charge in [0.15, 0.2) is 0 Å². The summed E-state index contributed by atoms with van der Waals surface area (Å²) in [5, 5.41) is 10.3. The van der Waals surface area contributed by atoms with Crippen LogP contribution in [0.4, 0.5) is 4.79 Å². The highest BCUT2D eigenvalue weighted by atomic mass is 32.1. The van der Waals surface area contributed by atoms with Gasteiger partial charge in [0.25, 0.3) is 0 Å². The average molecular weight is 500 g/mol. The molecule has 0 aliphatic heterocycles. The number of hydrogen-bond donors (Lipinski definition) is 1. The maximum atomic E-state index is 12.4. The molecule has 0 unspecified atom stereocenters. The predicted octanol–water partition coefficient (Wildman–Crippen LogP) is 4.29. The second-order valence-corrected chi connectivity index (χ2v) is 11.6. The second kappa shape index (κ2) is 9.97. The third-order valence-corrected chi connectivity index (χ3v) is 8.04. The summed E-state index contributed by atoms with van der Waals surface area (Å²) >= 11 is 1.63. The molecule has 2 aromatic heterocycles. The molecule has 188 valence electrons. The molecule has 10 heteroatoms. The van der Waals surface area contributed by atoms with Gasteiger partial charge in [-0.25, -0.2) is 14.8 Å². The Labute approximate surface area is 209 Å². The van der Waals surface area contributed by atoms with Gasteiger partial charge in [0.05, 0.1) is 11.5 Å². The number of primary amides is 1. The summed E-state index contributed by atoms with van der Waals surface area (Å²) in [6, 6.07) is 2.16. The lowest BCUT2D eigenvalue weighted by atomic mass is 9.90. The number of fused-ring (bicyclic) bond motifs is 3. The van der Waals surface area contributed by atoms with E-state index in [2.05, 4.69) is 9.97 Å². The Hall–Kier alpha value is -2.93. The molecule has 2 atom stereocenters. The first kappa shape index (κ1) is 25.2. The Bertz CT molecular complexity index is 1140. The number of nitriles is 1. The van der Waals surface area contributed by atoms with Crippen LogP contribution in [-0.4, -0.2) is 51.7 Å². The van der Waals surface area contributed by atoms with E-state index in [0.29, 0.717) is 12.3 Å². The Balaban J connectivity index is 1.46. The number of aryl methyl sites for hydroxylation is 1. The fourth-order valence-electron chi connectivity index (χ4n) is 5.07. The zero-order valence-corrected chi connectivity index (χ0v) is 21.6. The smallest absolute Gasteiger partial charge is 0.410 e. The molecule has 35 heavy (non-hydrogen) atoms. The highest BCUT2D eigenvalue weighted by molar-refractivity contribution is 7.19. The molecule has 2 aliphatic carbocycles. The normalized spacial score (nSPS) is 22.8. The molecule has 1 saturated carbocycles. The summed E-state index contributed by atoms with van der Waals surface area (Å²) in [6.07, 6.45) is 6.63. The van der Waals surface area contributed by atoms with Gasteiger partial charge in [-0.05, 0) is 77.2 Å². The third kappa shape index (κ3) is 5.50. The van der Waals surface area contributed by atoms with Gasteiger partial charge in [-0.15, -0.1) is 11.3 Å². The Kier molecular flexibility index (Phi) is 7.17. The van der Waals surface area contributed by atoms with Crippen LogP contribution in [0.2, 0.25) is 0 Å². The van der Waals surface area contributed by atoms with Gasteiger partial charge in [0, 0.05) is 18.0 Å². The molecule has 2 aliphatic rings. The minimum absolute atomic E-state index is 0.00994. The number of nitrogens with zero attached hydrogens (tertiary/aromatic N) is 4. The zero-order valence-electron chi connectivity index (χ0n) is 20.7. The summed E-state index contributed by atoms with van der Waals surface area (Å²) in [5.74, 6) is -0.771. The number of amides is 2. The molecule has 0 saturated heterocycles. The lowest BCUT2D eigenvalue weighted by molar-refractivity contribution is -0.120. The van der Waals surface area contributed by atoms with Crippen LogP contribution in [0, 0.1) is 17.2 Å². The van der Waals surface area contributed by atoms with Crippen molar-refractivity contribution in [1.29, 1.82) is 5.26 Å². The van der Waals surface area contributed by atoms with Crippen molar-refractivity contribution < 1.29 is 19.1 Å². The summed E-state index contributed by atoms with van der Waals surface area (Å²) in [7, 11) is 1.79. The number of ether oxygens (including phenoxy) is 2. The Morgan fingerprint density at radius 3 is 2.60 bits per heavy atom. The van der Waals surface area contributed by atoms with Crippen molar-refractivity contribution in [1.82, 2.24) is 14.9 Å². The molecule has 0 spiro atoms. The van der Waals surface area contributed by atoms with Gasteiger partial charge in [-0.3, -0.25) is 4.79 Å². The van der Waals surface area contributed by atoms with E-state index in [1.54, 1.807) is 23.3 Å². The van der Waals surface area contributed by atoms with E-state index in [-0.39, 0.29) is 24.2 Å². The largest absolute Gasteiger partial charge is 0.474 e. The standard InChI is InChI=1S/C25H33N5O4S/c1-25(2,3)34-24(32)30(4)16-6-8-17(9-7-16)33-22-20-19-14(11-15(12-26)21(27)31)5-10-18(19)35-23(20)29-13-28-22/h13-17H,5-11H2,1-4H3,(H2,27,31)/t14-,15-,16?,17?/m1/s1. The third-order valence-electron chi connectivity index (χ3n) is 6.87. The van der Waals surface area contributed by atoms with Gasteiger partial charge in [-0.2, -0.15) is 5.26 Å². The summed E-state index contributed by atoms with van der Waals surface area (Å²) in [4.78, 5) is 36.8. The number of nitrogens with two attached hydrogens (primary N) is 1. The van der Waals surface area contributed by atoms with Gasteiger partial charge in [0.1, 0.15) is 28.8 Å². The van der Waals surface area contributed by atoms with Gasteiger partial charge in [-0.1, -0.05) is 0 Å². The van der Waals surface area contributed by atoms with E-state index in [4.69, 9.17) is 15.2 Å². The molecular formula is C25H33N5O4S. The maximum absolute atomic E-state index is 12.4. The average Bonchev–Trinajstić information content (AvgIpc) is 3.35. The van der Waals surface area contributed by atoms with Crippen molar-refractivity contribution in [2.24, 2.45) is 11.7 Å². The van der Waals surface area contributed by atoms with Crippen molar-refractivity contribution in [2.45, 2.75) is 89.4 Å². The molecule has 9 nitrogen and oxygen atoms in total. The van der Waals surface area contributed by atoms with Gasteiger partial charge >= 0.3 is 6.09 Å². The fourth-order valence-corrected chi connectivity index (χ4v) is 6.30. The number of hydrogen-bond acceptors (Lipinski definition) is 8. The zero-order chi connectivity index (χ0) is 25.3. The minimum atomic E-state index is -0.813. The van der Waals surface area contributed by atoms with E-state index < -0.39 is 17.4 Å². The number of carbonyl (C=O) groups excluding carboxylic acids is 2. The van der Waals surface area contributed by atoms with E-state index in [9.17, 15) is 14.9 Å². The first-order valence-electron chi connectivity index (χ1n) is 12.1. The molecule has 0 aromatic carbocycles. The predicted molar refractivity (Wildman–Crippen MR) is 132 cm³/mol. The summed E-state index contributed by atoms with van der Waals surface area (Å²) < 4.78 is 11.9. The molecule has 2 heterocycles. The van der Waals surface area contributed by atoms with Crippen molar-refractivity contribution in [2.75, 3.05) is 7.05 Å². The highest BCUT2D eigenvalue weighted by Crippen LogP contribution is 2.48. The highest BCUT2D eigenvalue weighted by Gasteiger charge is 2.34. The molecule has 2 N–H and O–H groups in total. The minimum Gasteiger partial charge on any atom is -0.474 e. The first-order chi connectivity index (χ1) is 16.6. The van der Waals surface area contributed by atoms with Crippen LogP contribution in [0.5, 0.6) is 5.88 Å². The van der Waals surface area contributed by atoms with Crippen molar-refractivity contribution in [3.05, 3.63) is 16.8 Å². The Morgan fingerprint density at radius 1 is 1.26 bits per heavy atom. The molecular weight excluding hydrogens is 466 g/mol. The molecule has 0 bridgehead atoms. The topological polar surface area (TPSA) is 131 Å². The van der Waals surface area contributed by atoms with Crippen LogP contribution < -0.4 is 10.5 Å². The van der Waals surface area contributed by atoms with E-state index in [1.165, 1.54) is 11.2 Å². The molecule has 1 fully saturated rings. The van der Waals surface area contributed by atoms with Crippen LogP contribution in [0.25, 0.3) is 10.2 Å². The van der Waals surface area contributed by atoms with E-state index in [1.807, 2.05) is 26.8 Å². The van der Waals surface area contributed by atoms with Gasteiger partial charge in [0.2, 0.25) is 11.8 Å². The van der Waals surface area contributed by atoms with Crippen molar-refractivity contribution in [3.8, 4) is 11.9 Å². The molecule has 2 aromatic rings. The van der Waals surface area contributed by atoms with Crippen molar-refractivity contribution in [3.63, 3.8) is 0 Å². The SMILES string of the molecule is CN(C(=O)OC(C)(C)C)C1CCC(Oc2ncnc3sc4c(c23)[C@@H](C[C@H](C#N)C(N)=O)CC4)CC1. The quantitative estimate of drug-likeness (QED) is 0.627. The van der Waals surface area contributed by atoms with Crippen LogP contribution in [-0.2, 0) is 16.0 Å². The lowest BCUT2D eigenvalue weighted by Gasteiger charge is -2.35. The fraction of sp³-hybridized carbons (Fsp3) is 0.640. The van der Waals surface area contributed by atoms with Crippen LogP contribution in [0.1, 0.15) is 75.7 Å². The van der Waals surface area contributed by atoms with Crippen LogP contribution in [0.3, 0.4) is 0 Å². The summed E-state index contributed by atoms with van der Waals surface area (Å²) in [5.41, 5.74) is 6.02. The molecule has 4 rings (SSSR count). The lowest BCUT2D eigenvalue weighted by Crippen LogP contribution is -2.43. The van der Waals surface area contributed by atoms with Crippen LogP contribution >= 0.6 is 11.3 Å². The van der Waals surface area contributed by atoms with Gasteiger partial charge < -0.3 is 20.1 Å². The number of aromatic nitrogens is 2. The number of thiophene rings is 1. The number of carbonyl (C=O) groups is 2. The first-order valence-corrected chi connectivity index (χ1v) is 13.0. The van der Waals surface area contributed by atoms with E-state index in [0.717, 1.165) is 54.3 Å². The van der Waals surface area contributed by atoms with Crippen LogP contribution in [0.15, 0.2) is 6.33 Å². The number of rotatable bonds is 6. The monoisotopic (exact) mass is 499 g/mol. The molecule has 2 amide bonds. The second-order valence-electron chi connectivity index (χ2n) is 10.5.